The molecule has 0 radical (unpaired) electrons. The van der Waals surface area contributed by atoms with Crippen LogP contribution in [-0.2, 0) is 6.42 Å². The summed E-state index contributed by atoms with van der Waals surface area (Å²) in [7, 11) is 1.56. The lowest BCUT2D eigenvalue weighted by molar-refractivity contribution is 0.407. The van der Waals surface area contributed by atoms with Crippen LogP contribution in [0.4, 0.5) is 4.39 Å². The van der Waals surface area contributed by atoms with E-state index in [4.69, 9.17) is 16.3 Å². The SMILES string of the molecule is COc1ccc(F)cc1C(Cl)Cc1ccc(Br)cc1. The van der Waals surface area contributed by atoms with E-state index < -0.39 is 0 Å². The highest BCUT2D eigenvalue weighted by atomic mass is 79.9. The Bertz CT molecular complexity index is 557. The van der Waals surface area contributed by atoms with Crippen LogP contribution in [0.15, 0.2) is 46.9 Å². The molecule has 0 heterocycles. The van der Waals surface area contributed by atoms with Gasteiger partial charge in [-0.2, -0.15) is 0 Å². The van der Waals surface area contributed by atoms with Gasteiger partial charge in [-0.05, 0) is 42.3 Å². The van der Waals surface area contributed by atoms with E-state index >= 15 is 0 Å². The molecule has 0 bridgehead atoms. The van der Waals surface area contributed by atoms with Crippen molar-refractivity contribution in [3.05, 3.63) is 63.9 Å². The van der Waals surface area contributed by atoms with Crippen molar-refractivity contribution < 1.29 is 9.13 Å². The van der Waals surface area contributed by atoms with Gasteiger partial charge in [0.05, 0.1) is 12.5 Å². The molecule has 2 aromatic rings. The molecule has 0 saturated heterocycles. The number of halogens is 3. The van der Waals surface area contributed by atoms with Gasteiger partial charge in [-0.1, -0.05) is 28.1 Å². The van der Waals surface area contributed by atoms with Crippen molar-refractivity contribution in [2.75, 3.05) is 7.11 Å². The molecule has 100 valence electrons. The van der Waals surface area contributed by atoms with Gasteiger partial charge in [-0.15, -0.1) is 11.6 Å². The Kier molecular flexibility index (Phi) is 4.83. The second-order valence-corrected chi connectivity index (χ2v) is 5.63. The highest BCUT2D eigenvalue weighted by Gasteiger charge is 2.15. The highest BCUT2D eigenvalue weighted by molar-refractivity contribution is 9.10. The summed E-state index contributed by atoms with van der Waals surface area (Å²) >= 11 is 9.76. The third kappa shape index (κ3) is 3.71. The first kappa shape index (κ1) is 14.4. The molecule has 0 aromatic heterocycles. The maximum absolute atomic E-state index is 13.3. The maximum Gasteiger partial charge on any atom is 0.123 e. The third-order valence-electron chi connectivity index (χ3n) is 2.86. The normalized spacial score (nSPS) is 12.2. The Hall–Kier alpha value is -1.06. The topological polar surface area (TPSA) is 9.23 Å². The summed E-state index contributed by atoms with van der Waals surface area (Å²) in [5, 5.41) is -0.327. The zero-order valence-electron chi connectivity index (χ0n) is 10.4. The van der Waals surface area contributed by atoms with Crippen LogP contribution in [0.1, 0.15) is 16.5 Å². The fourth-order valence-corrected chi connectivity index (χ4v) is 2.50. The first-order valence-electron chi connectivity index (χ1n) is 5.82. The van der Waals surface area contributed by atoms with Crippen LogP contribution in [0.5, 0.6) is 5.75 Å². The fraction of sp³-hybridized carbons (Fsp3) is 0.200. The molecule has 0 spiro atoms. The molecule has 1 atom stereocenters. The number of methoxy groups -OCH3 is 1. The summed E-state index contributed by atoms with van der Waals surface area (Å²) in [5.74, 6) is 0.302. The average molecular weight is 344 g/mol. The minimum absolute atomic E-state index is 0.308. The number of hydrogen-bond donors (Lipinski definition) is 0. The minimum atomic E-state index is -0.327. The second kappa shape index (κ2) is 6.40. The number of rotatable bonds is 4. The van der Waals surface area contributed by atoms with E-state index in [0.29, 0.717) is 17.7 Å². The lowest BCUT2D eigenvalue weighted by atomic mass is 10.0. The maximum atomic E-state index is 13.3. The number of benzene rings is 2. The molecule has 0 N–H and O–H groups in total. The lowest BCUT2D eigenvalue weighted by Gasteiger charge is -2.14. The van der Waals surface area contributed by atoms with E-state index in [-0.39, 0.29) is 11.2 Å². The molecule has 0 aliphatic heterocycles. The van der Waals surface area contributed by atoms with Crippen LogP contribution in [0, 0.1) is 5.82 Å². The molecule has 1 unspecified atom stereocenters. The van der Waals surface area contributed by atoms with Gasteiger partial charge in [0.15, 0.2) is 0 Å². The van der Waals surface area contributed by atoms with Crippen molar-refractivity contribution in [1.29, 1.82) is 0 Å². The molecule has 1 nitrogen and oxygen atoms in total. The molecule has 0 amide bonds. The van der Waals surface area contributed by atoms with Crippen molar-refractivity contribution in [3.63, 3.8) is 0 Å². The third-order valence-corrected chi connectivity index (χ3v) is 3.78. The molecule has 19 heavy (non-hydrogen) atoms. The molecular formula is C15H13BrClFO. The van der Waals surface area contributed by atoms with Gasteiger partial charge < -0.3 is 4.74 Å². The van der Waals surface area contributed by atoms with Gasteiger partial charge >= 0.3 is 0 Å². The summed E-state index contributed by atoms with van der Waals surface area (Å²) in [6.07, 6.45) is 0.620. The summed E-state index contributed by atoms with van der Waals surface area (Å²) in [5.41, 5.74) is 1.77. The average Bonchev–Trinajstić information content (AvgIpc) is 2.41. The monoisotopic (exact) mass is 342 g/mol. The van der Waals surface area contributed by atoms with E-state index in [9.17, 15) is 4.39 Å². The van der Waals surface area contributed by atoms with Gasteiger partial charge in [0, 0.05) is 10.0 Å². The molecule has 0 aliphatic carbocycles. The molecule has 2 aromatic carbocycles. The first-order chi connectivity index (χ1) is 9.10. The van der Waals surface area contributed by atoms with E-state index in [1.54, 1.807) is 13.2 Å². The molecule has 0 aliphatic rings. The zero-order valence-corrected chi connectivity index (χ0v) is 12.7. The quantitative estimate of drug-likeness (QED) is 0.700. The van der Waals surface area contributed by atoms with Crippen LogP contribution in [0.2, 0.25) is 0 Å². The van der Waals surface area contributed by atoms with E-state index in [2.05, 4.69) is 15.9 Å². The fourth-order valence-electron chi connectivity index (χ4n) is 1.89. The summed E-state index contributed by atoms with van der Waals surface area (Å²) in [4.78, 5) is 0. The van der Waals surface area contributed by atoms with Crippen LogP contribution in [-0.4, -0.2) is 7.11 Å². The van der Waals surface area contributed by atoms with Gasteiger partial charge in [0.2, 0.25) is 0 Å². The summed E-state index contributed by atoms with van der Waals surface area (Å²) < 4.78 is 19.6. The van der Waals surface area contributed by atoms with Crippen molar-refractivity contribution in [2.24, 2.45) is 0 Å². The predicted molar refractivity (Wildman–Crippen MR) is 79.4 cm³/mol. The molecule has 0 fully saturated rings. The van der Waals surface area contributed by atoms with E-state index in [0.717, 1.165) is 10.0 Å². The number of ether oxygens (including phenoxy) is 1. The van der Waals surface area contributed by atoms with Crippen molar-refractivity contribution >= 4 is 27.5 Å². The van der Waals surface area contributed by atoms with Crippen molar-refractivity contribution in [2.45, 2.75) is 11.8 Å². The molecule has 0 saturated carbocycles. The van der Waals surface area contributed by atoms with Crippen LogP contribution >= 0.6 is 27.5 Å². The van der Waals surface area contributed by atoms with Crippen LogP contribution in [0.3, 0.4) is 0 Å². The standard InChI is InChI=1S/C15H13BrClFO/c1-19-15-7-6-12(18)9-13(15)14(17)8-10-2-4-11(16)5-3-10/h2-7,9,14H,8H2,1H3. The lowest BCUT2D eigenvalue weighted by Crippen LogP contribution is -2.00. The predicted octanol–water partition coefficient (Wildman–Crippen LogP) is 5.12. The Balaban J connectivity index is 2.21. The number of hydrogen-bond acceptors (Lipinski definition) is 1. The second-order valence-electron chi connectivity index (χ2n) is 4.18. The van der Waals surface area contributed by atoms with Crippen LogP contribution in [0.25, 0.3) is 0 Å². The highest BCUT2D eigenvalue weighted by Crippen LogP contribution is 2.33. The number of alkyl halides is 1. The minimum Gasteiger partial charge on any atom is -0.496 e. The Morgan fingerprint density at radius 3 is 2.53 bits per heavy atom. The van der Waals surface area contributed by atoms with Crippen molar-refractivity contribution in [1.82, 2.24) is 0 Å². The molecule has 4 heteroatoms. The largest absolute Gasteiger partial charge is 0.496 e. The Labute approximate surface area is 125 Å². The van der Waals surface area contributed by atoms with E-state index in [1.165, 1.54) is 12.1 Å². The zero-order chi connectivity index (χ0) is 13.8. The Morgan fingerprint density at radius 2 is 1.89 bits per heavy atom. The van der Waals surface area contributed by atoms with Gasteiger partial charge in [0.1, 0.15) is 11.6 Å². The summed E-state index contributed by atoms with van der Waals surface area (Å²) in [6, 6.07) is 12.3. The van der Waals surface area contributed by atoms with Crippen LogP contribution < -0.4 is 4.74 Å². The van der Waals surface area contributed by atoms with Gasteiger partial charge in [0.25, 0.3) is 0 Å². The summed E-state index contributed by atoms with van der Waals surface area (Å²) in [6.45, 7) is 0. The van der Waals surface area contributed by atoms with Gasteiger partial charge in [-0.3, -0.25) is 0 Å². The first-order valence-corrected chi connectivity index (χ1v) is 7.05. The van der Waals surface area contributed by atoms with E-state index in [1.807, 2.05) is 24.3 Å². The van der Waals surface area contributed by atoms with Crippen molar-refractivity contribution in [3.8, 4) is 5.75 Å². The molecule has 2 rings (SSSR count). The van der Waals surface area contributed by atoms with Gasteiger partial charge in [-0.25, -0.2) is 4.39 Å². The smallest absolute Gasteiger partial charge is 0.123 e. The molecular weight excluding hydrogens is 331 g/mol. The Morgan fingerprint density at radius 1 is 1.21 bits per heavy atom.